The van der Waals surface area contributed by atoms with Gasteiger partial charge in [-0.15, -0.1) is 0 Å². The Morgan fingerprint density at radius 1 is 1.53 bits per heavy atom. The van der Waals surface area contributed by atoms with Crippen LogP contribution in [-0.2, 0) is 6.54 Å². The summed E-state index contributed by atoms with van der Waals surface area (Å²) in [6, 6.07) is 5.37. The number of hydrogen-bond acceptors (Lipinski definition) is 3. The molecule has 1 aliphatic rings. The number of nitrogens with one attached hydrogen (secondary N) is 1. The summed E-state index contributed by atoms with van der Waals surface area (Å²) in [6.45, 7) is 10.0. The number of nitrogens with zero attached hydrogens (tertiary/aromatic N) is 2. The zero-order valence-electron chi connectivity index (χ0n) is 12.1. The first-order valence-electron chi connectivity index (χ1n) is 7.18. The minimum Gasteiger partial charge on any atom is -0.311 e. The third-order valence-electron chi connectivity index (χ3n) is 4.11. The molecule has 106 valence electrons. The maximum Gasteiger partial charge on any atom is 0.0544 e. The van der Waals surface area contributed by atoms with Gasteiger partial charge in [-0.2, -0.15) is 0 Å². The normalized spacial score (nSPS) is 26.3. The summed E-state index contributed by atoms with van der Waals surface area (Å²) in [6.07, 6.45) is 3.12. The summed E-state index contributed by atoms with van der Waals surface area (Å²) < 4.78 is 1.04. The summed E-state index contributed by atoms with van der Waals surface area (Å²) in [7, 11) is 0. The first-order valence-corrected chi connectivity index (χ1v) is 7.97. The second kappa shape index (κ2) is 6.82. The monoisotopic (exact) mass is 325 g/mol. The van der Waals surface area contributed by atoms with Gasteiger partial charge in [-0.1, -0.05) is 20.3 Å². The molecule has 0 aliphatic carbocycles. The minimum atomic E-state index is 0.566. The van der Waals surface area contributed by atoms with Crippen LogP contribution in [-0.4, -0.2) is 35.1 Å². The van der Waals surface area contributed by atoms with Crippen molar-refractivity contribution < 1.29 is 0 Å². The Balaban J connectivity index is 2.07. The number of rotatable bonds is 4. The van der Waals surface area contributed by atoms with Crippen molar-refractivity contribution in [3.63, 3.8) is 0 Å². The number of piperazine rings is 1. The fourth-order valence-corrected chi connectivity index (χ4v) is 2.96. The molecular weight excluding hydrogens is 302 g/mol. The second-order valence-electron chi connectivity index (χ2n) is 5.66. The van der Waals surface area contributed by atoms with Gasteiger partial charge in [-0.05, 0) is 40.9 Å². The van der Waals surface area contributed by atoms with E-state index in [1.807, 2.05) is 6.20 Å². The van der Waals surface area contributed by atoms with Crippen molar-refractivity contribution >= 4 is 15.9 Å². The Morgan fingerprint density at radius 2 is 2.32 bits per heavy atom. The van der Waals surface area contributed by atoms with E-state index in [-0.39, 0.29) is 0 Å². The van der Waals surface area contributed by atoms with Gasteiger partial charge < -0.3 is 5.32 Å². The summed E-state index contributed by atoms with van der Waals surface area (Å²) in [5.74, 6) is 0.718. The highest BCUT2D eigenvalue weighted by atomic mass is 79.9. The lowest BCUT2D eigenvalue weighted by Crippen LogP contribution is -2.57. The van der Waals surface area contributed by atoms with E-state index in [4.69, 9.17) is 0 Å². The minimum absolute atomic E-state index is 0.566. The molecular formula is C15H24BrN3. The number of pyridine rings is 1. The van der Waals surface area contributed by atoms with Gasteiger partial charge in [0.1, 0.15) is 0 Å². The summed E-state index contributed by atoms with van der Waals surface area (Å²) >= 11 is 3.44. The van der Waals surface area contributed by atoms with Gasteiger partial charge in [0, 0.05) is 42.4 Å². The first kappa shape index (κ1) is 14.9. The van der Waals surface area contributed by atoms with Crippen LogP contribution in [0, 0.1) is 5.92 Å². The lowest BCUT2D eigenvalue weighted by atomic mass is 9.94. The number of aromatic nitrogens is 1. The van der Waals surface area contributed by atoms with Crippen molar-refractivity contribution in [1.82, 2.24) is 15.2 Å². The molecule has 0 aromatic carbocycles. The third-order valence-corrected chi connectivity index (χ3v) is 4.58. The highest BCUT2D eigenvalue weighted by Crippen LogP contribution is 2.20. The largest absolute Gasteiger partial charge is 0.311 e. The van der Waals surface area contributed by atoms with Gasteiger partial charge in [0.2, 0.25) is 0 Å². The zero-order chi connectivity index (χ0) is 13.8. The van der Waals surface area contributed by atoms with E-state index in [9.17, 15) is 0 Å². The molecule has 2 heterocycles. The van der Waals surface area contributed by atoms with Crippen LogP contribution in [0.5, 0.6) is 0 Å². The van der Waals surface area contributed by atoms with Gasteiger partial charge in [0.25, 0.3) is 0 Å². The van der Waals surface area contributed by atoms with Crippen LogP contribution < -0.4 is 5.32 Å². The molecule has 1 fully saturated rings. The molecule has 0 radical (unpaired) electrons. The molecule has 0 spiro atoms. The Hall–Kier alpha value is -0.450. The van der Waals surface area contributed by atoms with Crippen LogP contribution >= 0.6 is 15.9 Å². The molecule has 3 nitrogen and oxygen atoms in total. The molecule has 1 aromatic rings. The van der Waals surface area contributed by atoms with E-state index in [1.54, 1.807) is 0 Å². The highest BCUT2D eigenvalue weighted by molar-refractivity contribution is 9.10. The Morgan fingerprint density at radius 3 is 2.95 bits per heavy atom. The van der Waals surface area contributed by atoms with Gasteiger partial charge in [-0.3, -0.25) is 9.88 Å². The molecule has 2 rings (SSSR count). The van der Waals surface area contributed by atoms with E-state index in [2.05, 4.69) is 64.0 Å². The molecule has 1 aliphatic heterocycles. The fraction of sp³-hybridized carbons (Fsp3) is 0.667. The lowest BCUT2D eigenvalue weighted by molar-refractivity contribution is 0.0873. The smallest absolute Gasteiger partial charge is 0.0544 e. The van der Waals surface area contributed by atoms with E-state index in [0.717, 1.165) is 35.7 Å². The third kappa shape index (κ3) is 4.01. The molecule has 0 bridgehead atoms. The summed E-state index contributed by atoms with van der Waals surface area (Å²) in [5.41, 5.74) is 1.16. The Bertz CT molecular complexity index is 393. The average Bonchev–Trinajstić information content (AvgIpc) is 2.41. The molecule has 0 amide bonds. The predicted octanol–water partition coefficient (Wildman–Crippen LogP) is 3.05. The van der Waals surface area contributed by atoms with E-state index < -0.39 is 0 Å². The Kier molecular flexibility index (Phi) is 5.37. The standard InChI is InChI=1S/C15H24BrN3/c1-4-11(2)15-8-17-12(3)9-19(15)10-14-6-5-13(16)7-18-14/h5-7,11-12,15,17H,4,8-10H2,1-3H3. The van der Waals surface area contributed by atoms with Crippen molar-refractivity contribution in [3.8, 4) is 0 Å². The quantitative estimate of drug-likeness (QED) is 0.922. The van der Waals surface area contributed by atoms with E-state index in [0.29, 0.717) is 12.1 Å². The number of halogens is 1. The summed E-state index contributed by atoms with van der Waals surface area (Å²) in [4.78, 5) is 7.10. The van der Waals surface area contributed by atoms with Gasteiger partial charge >= 0.3 is 0 Å². The van der Waals surface area contributed by atoms with Crippen LogP contribution in [0.1, 0.15) is 32.9 Å². The molecule has 1 saturated heterocycles. The Labute approximate surface area is 124 Å². The first-order chi connectivity index (χ1) is 9.10. The van der Waals surface area contributed by atoms with Gasteiger partial charge in [0.15, 0.2) is 0 Å². The highest BCUT2D eigenvalue weighted by Gasteiger charge is 2.29. The second-order valence-corrected chi connectivity index (χ2v) is 6.58. The molecule has 19 heavy (non-hydrogen) atoms. The van der Waals surface area contributed by atoms with Crippen molar-refractivity contribution in [2.45, 2.75) is 45.8 Å². The van der Waals surface area contributed by atoms with E-state index >= 15 is 0 Å². The van der Waals surface area contributed by atoms with Crippen LogP contribution in [0.15, 0.2) is 22.8 Å². The zero-order valence-corrected chi connectivity index (χ0v) is 13.7. The number of hydrogen-bond donors (Lipinski definition) is 1. The molecule has 3 unspecified atom stereocenters. The average molecular weight is 326 g/mol. The van der Waals surface area contributed by atoms with Gasteiger partial charge in [0.05, 0.1) is 5.69 Å². The molecule has 0 saturated carbocycles. The van der Waals surface area contributed by atoms with E-state index in [1.165, 1.54) is 6.42 Å². The molecule has 1 N–H and O–H groups in total. The van der Waals surface area contributed by atoms with Crippen LogP contribution in [0.3, 0.4) is 0 Å². The maximum absolute atomic E-state index is 4.51. The van der Waals surface area contributed by atoms with Crippen molar-refractivity contribution in [3.05, 3.63) is 28.5 Å². The van der Waals surface area contributed by atoms with Gasteiger partial charge in [-0.25, -0.2) is 0 Å². The topological polar surface area (TPSA) is 28.2 Å². The molecule has 4 heteroatoms. The maximum atomic E-state index is 4.51. The van der Waals surface area contributed by atoms with Crippen LogP contribution in [0.4, 0.5) is 0 Å². The van der Waals surface area contributed by atoms with Crippen molar-refractivity contribution in [1.29, 1.82) is 0 Å². The van der Waals surface area contributed by atoms with Crippen molar-refractivity contribution in [2.24, 2.45) is 5.92 Å². The fourth-order valence-electron chi connectivity index (χ4n) is 2.73. The predicted molar refractivity (Wildman–Crippen MR) is 83.1 cm³/mol. The summed E-state index contributed by atoms with van der Waals surface area (Å²) in [5, 5.41) is 3.60. The SMILES string of the molecule is CCC(C)C1CNC(C)CN1Cc1ccc(Br)cn1. The van der Waals surface area contributed by atoms with Crippen LogP contribution in [0.2, 0.25) is 0 Å². The van der Waals surface area contributed by atoms with Crippen LogP contribution in [0.25, 0.3) is 0 Å². The molecule has 3 atom stereocenters. The van der Waals surface area contributed by atoms with Crippen molar-refractivity contribution in [2.75, 3.05) is 13.1 Å². The molecule has 1 aromatic heterocycles. The lowest BCUT2D eigenvalue weighted by Gasteiger charge is -2.42.